The lowest BCUT2D eigenvalue weighted by atomic mass is 9.92. The fourth-order valence-corrected chi connectivity index (χ4v) is 4.11. The minimum atomic E-state index is 0.0578. The molecule has 1 N–H and O–H groups in total. The highest BCUT2D eigenvalue weighted by molar-refractivity contribution is 6.33. The van der Waals surface area contributed by atoms with Crippen molar-refractivity contribution in [3.05, 3.63) is 29.3 Å². The SMILES string of the molecule is CC1CCCN(C(=O)C2CCN(C(=O)CNc3ccccc3Cl)CC2)C1. The summed E-state index contributed by atoms with van der Waals surface area (Å²) in [6, 6.07) is 7.41. The third kappa shape index (κ3) is 4.70. The zero-order valence-corrected chi connectivity index (χ0v) is 16.2. The van der Waals surface area contributed by atoms with E-state index >= 15 is 0 Å². The smallest absolute Gasteiger partial charge is 0.241 e. The highest BCUT2D eigenvalue weighted by atomic mass is 35.5. The number of halogens is 1. The fourth-order valence-electron chi connectivity index (χ4n) is 3.91. The molecular formula is C20H28ClN3O2. The Morgan fingerprint density at radius 2 is 1.85 bits per heavy atom. The topological polar surface area (TPSA) is 52.7 Å². The second kappa shape index (κ2) is 8.76. The van der Waals surface area contributed by atoms with Crippen LogP contribution in [-0.2, 0) is 9.59 Å². The van der Waals surface area contributed by atoms with Crippen molar-refractivity contribution in [3.8, 4) is 0 Å². The molecule has 2 aliphatic heterocycles. The van der Waals surface area contributed by atoms with Crippen LogP contribution in [0.15, 0.2) is 24.3 Å². The molecule has 0 aliphatic carbocycles. The highest BCUT2D eigenvalue weighted by Gasteiger charge is 2.31. The van der Waals surface area contributed by atoms with Crippen LogP contribution in [0.2, 0.25) is 5.02 Å². The van der Waals surface area contributed by atoms with E-state index in [0.29, 0.717) is 24.0 Å². The minimum absolute atomic E-state index is 0.0578. The zero-order chi connectivity index (χ0) is 18.5. The molecule has 3 rings (SSSR count). The lowest BCUT2D eigenvalue weighted by molar-refractivity contribution is -0.141. The second-order valence-electron chi connectivity index (χ2n) is 7.52. The molecule has 0 radical (unpaired) electrons. The molecule has 0 bridgehead atoms. The molecule has 2 saturated heterocycles. The molecule has 0 saturated carbocycles. The van der Waals surface area contributed by atoms with Gasteiger partial charge in [0.05, 0.1) is 17.3 Å². The molecule has 2 amide bonds. The molecule has 0 spiro atoms. The lowest BCUT2D eigenvalue weighted by Gasteiger charge is -2.37. The number of hydrogen-bond donors (Lipinski definition) is 1. The third-order valence-electron chi connectivity index (χ3n) is 5.47. The van der Waals surface area contributed by atoms with Crippen molar-refractivity contribution >= 4 is 29.1 Å². The summed E-state index contributed by atoms with van der Waals surface area (Å²) < 4.78 is 0. The Bertz CT molecular complexity index is 644. The van der Waals surface area contributed by atoms with Gasteiger partial charge >= 0.3 is 0 Å². The van der Waals surface area contributed by atoms with Crippen LogP contribution in [0.1, 0.15) is 32.6 Å². The number of para-hydroxylation sites is 1. The summed E-state index contributed by atoms with van der Waals surface area (Å²) in [5.74, 6) is 1.02. The van der Waals surface area contributed by atoms with Crippen molar-refractivity contribution in [3.63, 3.8) is 0 Å². The minimum Gasteiger partial charge on any atom is -0.375 e. The molecular weight excluding hydrogens is 350 g/mol. The normalized spacial score (nSPS) is 21.5. The van der Waals surface area contributed by atoms with Gasteiger partial charge in [-0.15, -0.1) is 0 Å². The predicted octanol–water partition coefficient (Wildman–Crippen LogP) is 3.25. The number of anilines is 1. The molecule has 142 valence electrons. The highest BCUT2D eigenvalue weighted by Crippen LogP contribution is 2.24. The van der Waals surface area contributed by atoms with Crippen molar-refractivity contribution in [1.82, 2.24) is 9.80 Å². The molecule has 2 fully saturated rings. The van der Waals surface area contributed by atoms with Crippen LogP contribution in [-0.4, -0.2) is 54.3 Å². The second-order valence-corrected chi connectivity index (χ2v) is 7.93. The van der Waals surface area contributed by atoms with Gasteiger partial charge in [-0.3, -0.25) is 9.59 Å². The first kappa shape index (κ1) is 19.0. The summed E-state index contributed by atoms with van der Waals surface area (Å²) in [4.78, 5) is 29.0. The maximum absolute atomic E-state index is 12.7. The maximum atomic E-state index is 12.7. The summed E-state index contributed by atoms with van der Waals surface area (Å²) >= 11 is 6.10. The average molecular weight is 378 g/mol. The molecule has 1 aromatic carbocycles. The predicted molar refractivity (Wildman–Crippen MR) is 104 cm³/mol. The van der Waals surface area contributed by atoms with E-state index in [1.807, 2.05) is 28.0 Å². The number of benzene rings is 1. The Balaban J connectivity index is 1.45. The van der Waals surface area contributed by atoms with E-state index in [1.165, 1.54) is 6.42 Å². The monoisotopic (exact) mass is 377 g/mol. The molecule has 1 aromatic rings. The Kier molecular flexibility index (Phi) is 6.41. The first-order chi connectivity index (χ1) is 12.5. The van der Waals surface area contributed by atoms with Crippen molar-refractivity contribution in [2.75, 3.05) is 38.0 Å². The third-order valence-corrected chi connectivity index (χ3v) is 5.80. The lowest BCUT2D eigenvalue weighted by Crippen LogP contribution is -2.47. The number of nitrogens with zero attached hydrogens (tertiary/aromatic N) is 2. The fraction of sp³-hybridized carbons (Fsp3) is 0.600. The Labute approximate surface area is 160 Å². The van der Waals surface area contributed by atoms with Gasteiger partial charge in [0.15, 0.2) is 0 Å². The number of carbonyl (C=O) groups excluding carboxylic acids is 2. The van der Waals surface area contributed by atoms with Crippen LogP contribution in [0.4, 0.5) is 5.69 Å². The van der Waals surface area contributed by atoms with Crippen LogP contribution in [0.5, 0.6) is 0 Å². The van der Waals surface area contributed by atoms with Gasteiger partial charge < -0.3 is 15.1 Å². The number of rotatable bonds is 4. The maximum Gasteiger partial charge on any atom is 0.241 e. The van der Waals surface area contributed by atoms with Gasteiger partial charge in [0.1, 0.15) is 0 Å². The van der Waals surface area contributed by atoms with Gasteiger partial charge in [0.2, 0.25) is 11.8 Å². The van der Waals surface area contributed by atoms with Crippen molar-refractivity contribution in [1.29, 1.82) is 0 Å². The molecule has 5 nitrogen and oxygen atoms in total. The summed E-state index contributed by atoms with van der Waals surface area (Å²) in [7, 11) is 0. The van der Waals surface area contributed by atoms with Crippen LogP contribution in [0, 0.1) is 11.8 Å². The summed E-state index contributed by atoms with van der Waals surface area (Å²) in [5.41, 5.74) is 0.770. The van der Waals surface area contributed by atoms with E-state index in [1.54, 1.807) is 6.07 Å². The first-order valence-corrected chi connectivity index (χ1v) is 9.97. The van der Waals surface area contributed by atoms with Crippen molar-refractivity contribution in [2.24, 2.45) is 11.8 Å². The summed E-state index contributed by atoms with van der Waals surface area (Å²) in [6.45, 7) is 5.54. The largest absolute Gasteiger partial charge is 0.375 e. The molecule has 1 atom stereocenters. The van der Waals surface area contributed by atoms with Gasteiger partial charge in [0.25, 0.3) is 0 Å². The zero-order valence-electron chi connectivity index (χ0n) is 15.4. The van der Waals surface area contributed by atoms with Crippen LogP contribution in [0.3, 0.4) is 0 Å². The van der Waals surface area contributed by atoms with Crippen molar-refractivity contribution in [2.45, 2.75) is 32.6 Å². The van der Waals surface area contributed by atoms with Crippen LogP contribution in [0.25, 0.3) is 0 Å². The van der Waals surface area contributed by atoms with Crippen LogP contribution >= 0.6 is 11.6 Å². The number of nitrogens with one attached hydrogen (secondary N) is 1. The number of amides is 2. The number of hydrogen-bond acceptors (Lipinski definition) is 3. The van der Waals surface area contributed by atoms with E-state index in [0.717, 1.165) is 38.0 Å². The van der Waals surface area contributed by atoms with Crippen LogP contribution < -0.4 is 5.32 Å². The molecule has 1 unspecified atom stereocenters. The molecule has 2 heterocycles. The van der Waals surface area contributed by atoms with E-state index in [4.69, 9.17) is 11.6 Å². The van der Waals surface area contributed by atoms with Gasteiger partial charge in [-0.05, 0) is 43.7 Å². The van der Waals surface area contributed by atoms with E-state index < -0.39 is 0 Å². The van der Waals surface area contributed by atoms with E-state index in [9.17, 15) is 9.59 Å². The molecule has 2 aliphatic rings. The molecule has 6 heteroatoms. The molecule has 26 heavy (non-hydrogen) atoms. The van der Waals surface area contributed by atoms with Crippen molar-refractivity contribution < 1.29 is 9.59 Å². The first-order valence-electron chi connectivity index (χ1n) is 9.59. The summed E-state index contributed by atoms with van der Waals surface area (Å²) in [6.07, 6.45) is 3.86. The Hall–Kier alpha value is -1.75. The Morgan fingerprint density at radius 3 is 2.54 bits per heavy atom. The number of carbonyl (C=O) groups is 2. The quantitative estimate of drug-likeness (QED) is 0.876. The van der Waals surface area contributed by atoms with Gasteiger partial charge in [-0.2, -0.15) is 0 Å². The standard InChI is InChI=1S/C20H28ClN3O2/c1-15-5-4-10-24(14-15)20(26)16-8-11-23(12-9-16)19(25)13-22-18-7-3-2-6-17(18)21/h2-3,6-7,15-16,22H,4-5,8-14H2,1H3. The van der Waals surface area contributed by atoms with Gasteiger partial charge in [0, 0.05) is 32.1 Å². The van der Waals surface area contributed by atoms with Gasteiger partial charge in [-0.1, -0.05) is 30.7 Å². The Morgan fingerprint density at radius 1 is 1.12 bits per heavy atom. The molecule has 0 aromatic heterocycles. The number of likely N-dealkylation sites (tertiary alicyclic amines) is 2. The van der Waals surface area contributed by atoms with Gasteiger partial charge in [-0.25, -0.2) is 0 Å². The van der Waals surface area contributed by atoms with E-state index in [2.05, 4.69) is 12.2 Å². The summed E-state index contributed by atoms with van der Waals surface area (Å²) in [5, 5.41) is 3.71. The van der Waals surface area contributed by atoms with E-state index in [-0.39, 0.29) is 24.3 Å². The average Bonchev–Trinajstić information content (AvgIpc) is 2.66. The number of piperidine rings is 2.